The number of hydrogen-bond acceptors (Lipinski definition) is 2. The van der Waals surface area contributed by atoms with E-state index >= 15 is 0 Å². The van der Waals surface area contributed by atoms with Crippen LogP contribution in [0.3, 0.4) is 0 Å². The van der Waals surface area contributed by atoms with Gasteiger partial charge in [-0.05, 0) is 56.2 Å². The van der Waals surface area contributed by atoms with Crippen molar-refractivity contribution in [3.63, 3.8) is 0 Å². The SMILES string of the molecule is Cc1ccc(N(C)c2ccc(N)cc2C)c(C)c1. The Bertz CT molecular complexity index is 522. The Balaban J connectivity index is 2.44. The molecule has 0 unspecified atom stereocenters. The maximum atomic E-state index is 5.80. The highest BCUT2D eigenvalue weighted by Crippen LogP contribution is 2.30. The molecule has 0 spiro atoms. The van der Waals surface area contributed by atoms with Crippen LogP contribution in [0, 0.1) is 20.8 Å². The minimum Gasteiger partial charge on any atom is -0.399 e. The van der Waals surface area contributed by atoms with Crippen molar-refractivity contribution in [3.8, 4) is 0 Å². The molecule has 0 amide bonds. The van der Waals surface area contributed by atoms with Crippen LogP contribution in [0.2, 0.25) is 0 Å². The van der Waals surface area contributed by atoms with E-state index in [2.05, 4.69) is 57.0 Å². The average Bonchev–Trinajstić information content (AvgIpc) is 2.28. The second-order valence-corrected chi connectivity index (χ2v) is 4.89. The van der Waals surface area contributed by atoms with E-state index in [-0.39, 0.29) is 0 Å². The summed E-state index contributed by atoms with van der Waals surface area (Å²) in [5.74, 6) is 0. The first-order chi connectivity index (χ1) is 8.49. The molecule has 0 saturated heterocycles. The smallest absolute Gasteiger partial charge is 0.0439 e. The molecule has 2 aromatic rings. The quantitative estimate of drug-likeness (QED) is 0.805. The van der Waals surface area contributed by atoms with E-state index in [0.717, 1.165) is 5.69 Å². The predicted octanol–water partition coefficient (Wildman–Crippen LogP) is 3.96. The highest BCUT2D eigenvalue weighted by molar-refractivity contribution is 5.70. The number of nitrogen functional groups attached to an aromatic ring is 1. The van der Waals surface area contributed by atoms with Crippen molar-refractivity contribution in [1.29, 1.82) is 0 Å². The van der Waals surface area contributed by atoms with E-state index in [0.29, 0.717) is 0 Å². The van der Waals surface area contributed by atoms with Crippen molar-refractivity contribution in [3.05, 3.63) is 53.1 Å². The summed E-state index contributed by atoms with van der Waals surface area (Å²) in [6.07, 6.45) is 0. The molecule has 0 bridgehead atoms. The van der Waals surface area contributed by atoms with E-state index in [9.17, 15) is 0 Å². The Hall–Kier alpha value is -1.96. The third-order valence-electron chi connectivity index (χ3n) is 3.30. The summed E-state index contributed by atoms with van der Waals surface area (Å²) in [6, 6.07) is 12.5. The molecule has 18 heavy (non-hydrogen) atoms. The molecule has 94 valence electrons. The lowest BCUT2D eigenvalue weighted by molar-refractivity contribution is 1.16. The number of rotatable bonds is 2. The molecule has 0 aliphatic rings. The van der Waals surface area contributed by atoms with Gasteiger partial charge in [-0.2, -0.15) is 0 Å². The summed E-state index contributed by atoms with van der Waals surface area (Å²) >= 11 is 0. The minimum atomic E-state index is 0.810. The number of nitrogens with zero attached hydrogens (tertiary/aromatic N) is 1. The second-order valence-electron chi connectivity index (χ2n) is 4.89. The van der Waals surface area contributed by atoms with Crippen LogP contribution in [0.15, 0.2) is 36.4 Å². The molecule has 0 aromatic heterocycles. The lowest BCUT2D eigenvalue weighted by atomic mass is 10.1. The lowest BCUT2D eigenvalue weighted by Crippen LogP contribution is -2.12. The summed E-state index contributed by atoms with van der Waals surface area (Å²) in [5.41, 5.74) is 12.8. The molecule has 0 radical (unpaired) electrons. The standard InChI is InChI=1S/C16H20N2/c1-11-5-7-15(12(2)9-11)18(4)16-8-6-14(17)10-13(16)3/h5-10H,17H2,1-4H3. The van der Waals surface area contributed by atoms with Gasteiger partial charge >= 0.3 is 0 Å². The fourth-order valence-corrected chi connectivity index (χ4v) is 2.37. The van der Waals surface area contributed by atoms with Gasteiger partial charge in [0.25, 0.3) is 0 Å². The van der Waals surface area contributed by atoms with Crippen molar-refractivity contribution in [2.24, 2.45) is 0 Å². The Morgan fingerprint density at radius 1 is 0.833 bits per heavy atom. The zero-order valence-electron chi connectivity index (χ0n) is 11.5. The molecule has 2 rings (SSSR count). The van der Waals surface area contributed by atoms with E-state index in [4.69, 9.17) is 5.73 Å². The third-order valence-corrected chi connectivity index (χ3v) is 3.30. The summed E-state index contributed by atoms with van der Waals surface area (Å²) in [6.45, 7) is 6.35. The van der Waals surface area contributed by atoms with Gasteiger partial charge in [-0.15, -0.1) is 0 Å². The average molecular weight is 240 g/mol. The molecule has 2 N–H and O–H groups in total. The van der Waals surface area contributed by atoms with Crippen LogP contribution < -0.4 is 10.6 Å². The van der Waals surface area contributed by atoms with E-state index < -0.39 is 0 Å². The number of aryl methyl sites for hydroxylation is 3. The van der Waals surface area contributed by atoms with E-state index in [1.54, 1.807) is 0 Å². The van der Waals surface area contributed by atoms with Gasteiger partial charge in [-0.25, -0.2) is 0 Å². The molecule has 2 aromatic carbocycles. The molecule has 0 atom stereocenters. The fourth-order valence-electron chi connectivity index (χ4n) is 2.37. The Labute approximate surface area is 109 Å². The minimum absolute atomic E-state index is 0.810. The first-order valence-electron chi connectivity index (χ1n) is 6.16. The van der Waals surface area contributed by atoms with Crippen molar-refractivity contribution in [2.45, 2.75) is 20.8 Å². The first kappa shape index (κ1) is 12.5. The van der Waals surface area contributed by atoms with Gasteiger partial charge in [-0.3, -0.25) is 0 Å². The van der Waals surface area contributed by atoms with E-state index in [1.807, 2.05) is 12.1 Å². The Morgan fingerprint density at radius 3 is 1.94 bits per heavy atom. The summed E-state index contributed by atoms with van der Waals surface area (Å²) in [4.78, 5) is 2.21. The van der Waals surface area contributed by atoms with Crippen LogP contribution in [0.1, 0.15) is 16.7 Å². The highest BCUT2D eigenvalue weighted by Gasteiger charge is 2.09. The van der Waals surface area contributed by atoms with Crippen molar-refractivity contribution < 1.29 is 0 Å². The van der Waals surface area contributed by atoms with Gasteiger partial charge in [0.2, 0.25) is 0 Å². The highest BCUT2D eigenvalue weighted by atomic mass is 15.1. The molecule has 0 fully saturated rings. The van der Waals surface area contributed by atoms with Gasteiger partial charge in [-0.1, -0.05) is 17.7 Å². The number of hydrogen-bond donors (Lipinski definition) is 1. The van der Waals surface area contributed by atoms with Gasteiger partial charge in [0, 0.05) is 24.1 Å². The molecule has 0 heterocycles. The zero-order valence-corrected chi connectivity index (χ0v) is 11.5. The largest absolute Gasteiger partial charge is 0.399 e. The van der Waals surface area contributed by atoms with Gasteiger partial charge in [0.1, 0.15) is 0 Å². The van der Waals surface area contributed by atoms with Gasteiger partial charge < -0.3 is 10.6 Å². The van der Waals surface area contributed by atoms with Crippen molar-refractivity contribution >= 4 is 17.1 Å². The number of nitrogens with two attached hydrogens (primary N) is 1. The maximum absolute atomic E-state index is 5.80. The predicted molar refractivity (Wildman–Crippen MR) is 79.6 cm³/mol. The Morgan fingerprint density at radius 2 is 1.39 bits per heavy atom. The molecular weight excluding hydrogens is 220 g/mol. The topological polar surface area (TPSA) is 29.3 Å². The van der Waals surface area contributed by atoms with Crippen LogP contribution in [0.5, 0.6) is 0 Å². The summed E-state index contributed by atoms with van der Waals surface area (Å²) in [5, 5.41) is 0. The van der Waals surface area contributed by atoms with E-state index in [1.165, 1.54) is 28.1 Å². The maximum Gasteiger partial charge on any atom is 0.0439 e. The zero-order chi connectivity index (χ0) is 13.3. The third kappa shape index (κ3) is 2.33. The van der Waals surface area contributed by atoms with Crippen LogP contribution >= 0.6 is 0 Å². The fraction of sp³-hybridized carbons (Fsp3) is 0.250. The number of benzene rings is 2. The van der Waals surface area contributed by atoms with Gasteiger partial charge in [0.15, 0.2) is 0 Å². The van der Waals surface area contributed by atoms with Crippen LogP contribution in [0.25, 0.3) is 0 Å². The monoisotopic (exact) mass is 240 g/mol. The van der Waals surface area contributed by atoms with Crippen LogP contribution in [-0.4, -0.2) is 7.05 Å². The molecule has 0 saturated carbocycles. The second kappa shape index (κ2) is 4.73. The summed E-state index contributed by atoms with van der Waals surface area (Å²) in [7, 11) is 2.09. The summed E-state index contributed by atoms with van der Waals surface area (Å²) < 4.78 is 0. The van der Waals surface area contributed by atoms with Crippen LogP contribution in [0.4, 0.5) is 17.1 Å². The molecular formula is C16H20N2. The van der Waals surface area contributed by atoms with Crippen molar-refractivity contribution in [2.75, 3.05) is 17.7 Å². The first-order valence-corrected chi connectivity index (χ1v) is 6.16. The molecule has 2 heteroatoms. The Kier molecular flexibility index (Phi) is 3.28. The molecule has 2 nitrogen and oxygen atoms in total. The molecule has 0 aliphatic heterocycles. The normalized spacial score (nSPS) is 10.4. The molecule has 0 aliphatic carbocycles. The van der Waals surface area contributed by atoms with Gasteiger partial charge in [0.05, 0.1) is 0 Å². The lowest BCUT2D eigenvalue weighted by Gasteiger charge is -2.24. The number of anilines is 3. The van der Waals surface area contributed by atoms with Crippen LogP contribution in [-0.2, 0) is 0 Å². The van der Waals surface area contributed by atoms with Crippen molar-refractivity contribution in [1.82, 2.24) is 0 Å².